The van der Waals surface area contributed by atoms with Crippen molar-refractivity contribution in [3.8, 4) is 0 Å². The van der Waals surface area contributed by atoms with E-state index in [-0.39, 0.29) is 24.4 Å². The van der Waals surface area contributed by atoms with Crippen LogP contribution in [0.4, 0.5) is 10.1 Å². The van der Waals surface area contributed by atoms with Crippen LogP contribution in [-0.4, -0.2) is 32.9 Å². The number of rotatable bonds is 7. The van der Waals surface area contributed by atoms with E-state index >= 15 is 0 Å². The summed E-state index contributed by atoms with van der Waals surface area (Å²) >= 11 is 1.39. The number of fused-ring (bicyclic) bond motifs is 1. The summed E-state index contributed by atoms with van der Waals surface area (Å²) in [5, 5.41) is 13.3. The lowest BCUT2D eigenvalue weighted by Crippen LogP contribution is -2.48. The van der Waals surface area contributed by atoms with Crippen molar-refractivity contribution in [2.75, 3.05) is 4.90 Å². The van der Waals surface area contributed by atoms with Gasteiger partial charge in [-0.2, -0.15) is 0 Å². The Morgan fingerprint density at radius 3 is 2.69 bits per heavy atom. The molecule has 5 rings (SSSR count). The maximum Gasteiger partial charge on any atom is 0.249 e. The van der Waals surface area contributed by atoms with Gasteiger partial charge in [-0.15, -0.1) is 16.4 Å². The van der Waals surface area contributed by atoms with E-state index in [0.29, 0.717) is 21.6 Å². The molecule has 0 aliphatic heterocycles. The van der Waals surface area contributed by atoms with Crippen molar-refractivity contribution < 1.29 is 14.0 Å². The van der Waals surface area contributed by atoms with Crippen molar-refractivity contribution in [3.63, 3.8) is 0 Å². The quantitative estimate of drug-likeness (QED) is 0.401. The molecule has 1 aliphatic rings. The maximum atomic E-state index is 14.3. The Labute approximate surface area is 206 Å². The second-order valence-corrected chi connectivity index (χ2v) is 9.72. The summed E-state index contributed by atoms with van der Waals surface area (Å²) < 4.78 is 15.8. The van der Waals surface area contributed by atoms with Gasteiger partial charge in [-0.25, -0.2) is 9.07 Å². The summed E-state index contributed by atoms with van der Waals surface area (Å²) in [5.41, 5.74) is 1.69. The Kier molecular flexibility index (Phi) is 6.85. The van der Waals surface area contributed by atoms with Gasteiger partial charge in [0, 0.05) is 16.6 Å². The Hall–Kier alpha value is -3.59. The normalized spacial score (nSPS) is 15.1. The Morgan fingerprint density at radius 1 is 1.09 bits per heavy atom. The number of hydrogen-bond acceptors (Lipinski definition) is 5. The molecule has 1 saturated carbocycles. The monoisotopic (exact) mass is 491 g/mol. The predicted octanol–water partition coefficient (Wildman–Crippen LogP) is 4.86. The SMILES string of the molecule is O=C(NC1CCCCC1)[C@H](c1cccs1)N(C(=O)Cn1nnc2ccccc21)c1cccc(F)c1. The topological polar surface area (TPSA) is 80.1 Å². The van der Waals surface area contributed by atoms with E-state index in [4.69, 9.17) is 0 Å². The molecule has 2 aromatic heterocycles. The Bertz CT molecular complexity index is 1320. The van der Waals surface area contributed by atoms with E-state index in [2.05, 4.69) is 15.6 Å². The molecule has 4 aromatic rings. The number of nitrogens with zero attached hydrogens (tertiary/aromatic N) is 4. The van der Waals surface area contributed by atoms with Gasteiger partial charge in [0.25, 0.3) is 0 Å². The predicted molar refractivity (Wildman–Crippen MR) is 133 cm³/mol. The van der Waals surface area contributed by atoms with Crippen LogP contribution >= 0.6 is 11.3 Å². The van der Waals surface area contributed by atoms with Crippen LogP contribution in [0.25, 0.3) is 11.0 Å². The zero-order valence-corrected chi connectivity index (χ0v) is 20.0. The van der Waals surface area contributed by atoms with Crippen LogP contribution in [0.2, 0.25) is 0 Å². The number of hydrogen-bond donors (Lipinski definition) is 1. The van der Waals surface area contributed by atoms with Gasteiger partial charge in [0.05, 0.1) is 5.52 Å². The number of benzene rings is 2. The van der Waals surface area contributed by atoms with Crippen molar-refractivity contribution in [2.45, 2.75) is 50.7 Å². The molecule has 0 spiro atoms. The molecule has 0 bridgehead atoms. The molecule has 2 heterocycles. The third kappa shape index (κ3) is 5.09. The molecule has 1 atom stereocenters. The third-order valence-corrected chi connectivity index (χ3v) is 7.26. The van der Waals surface area contributed by atoms with Crippen LogP contribution in [0.5, 0.6) is 0 Å². The van der Waals surface area contributed by atoms with E-state index in [1.807, 2.05) is 41.8 Å². The molecule has 1 aliphatic carbocycles. The third-order valence-electron chi connectivity index (χ3n) is 6.33. The average Bonchev–Trinajstić information content (AvgIpc) is 3.53. The first-order chi connectivity index (χ1) is 17.1. The number of anilines is 1. The zero-order chi connectivity index (χ0) is 24.2. The summed E-state index contributed by atoms with van der Waals surface area (Å²) in [4.78, 5) is 29.6. The van der Waals surface area contributed by atoms with E-state index < -0.39 is 11.9 Å². The highest BCUT2D eigenvalue weighted by Crippen LogP contribution is 2.32. The largest absolute Gasteiger partial charge is 0.351 e. The van der Waals surface area contributed by atoms with Gasteiger partial charge in [0.1, 0.15) is 23.9 Å². The van der Waals surface area contributed by atoms with Crippen molar-refractivity contribution >= 4 is 39.9 Å². The highest BCUT2D eigenvalue weighted by Gasteiger charge is 2.35. The van der Waals surface area contributed by atoms with Gasteiger partial charge in [-0.1, -0.05) is 48.7 Å². The zero-order valence-electron chi connectivity index (χ0n) is 19.1. The number of aromatic nitrogens is 3. The molecule has 2 amide bonds. The van der Waals surface area contributed by atoms with E-state index in [1.165, 1.54) is 39.5 Å². The van der Waals surface area contributed by atoms with Gasteiger partial charge in [0.15, 0.2) is 0 Å². The summed E-state index contributed by atoms with van der Waals surface area (Å²) in [7, 11) is 0. The lowest BCUT2D eigenvalue weighted by atomic mass is 9.95. The average molecular weight is 492 g/mol. The van der Waals surface area contributed by atoms with Crippen LogP contribution < -0.4 is 10.2 Å². The highest BCUT2D eigenvalue weighted by atomic mass is 32.1. The lowest BCUT2D eigenvalue weighted by molar-refractivity contribution is -0.127. The first-order valence-corrected chi connectivity index (χ1v) is 12.7. The lowest BCUT2D eigenvalue weighted by Gasteiger charge is -2.32. The molecule has 7 nitrogen and oxygen atoms in total. The number of halogens is 1. The standard InChI is InChI=1S/C26H26FN5O2S/c27-18-8-6-11-20(16-18)32(24(33)17-31-22-13-5-4-12-21(22)29-30-31)25(23-14-7-15-35-23)26(34)28-19-9-2-1-3-10-19/h4-8,11-16,19,25H,1-3,9-10,17H2,(H,28,34)/t25-/m0/s1. The maximum absolute atomic E-state index is 14.3. The van der Waals surface area contributed by atoms with Gasteiger partial charge < -0.3 is 5.32 Å². The van der Waals surface area contributed by atoms with Gasteiger partial charge in [0.2, 0.25) is 11.8 Å². The van der Waals surface area contributed by atoms with Crippen LogP contribution in [0.3, 0.4) is 0 Å². The fraction of sp³-hybridized carbons (Fsp3) is 0.308. The number of carbonyl (C=O) groups excluding carboxylic acids is 2. The molecule has 1 fully saturated rings. The molecule has 35 heavy (non-hydrogen) atoms. The van der Waals surface area contributed by atoms with Crippen molar-refractivity contribution in [1.29, 1.82) is 0 Å². The summed E-state index contributed by atoms with van der Waals surface area (Å²) in [5.74, 6) is -1.13. The van der Waals surface area contributed by atoms with Crippen LogP contribution in [0.15, 0.2) is 66.0 Å². The van der Waals surface area contributed by atoms with Crippen LogP contribution in [-0.2, 0) is 16.1 Å². The minimum Gasteiger partial charge on any atom is -0.351 e. The molecule has 180 valence electrons. The van der Waals surface area contributed by atoms with E-state index in [1.54, 1.807) is 12.1 Å². The van der Waals surface area contributed by atoms with Gasteiger partial charge in [-0.3, -0.25) is 14.5 Å². The van der Waals surface area contributed by atoms with E-state index in [0.717, 1.165) is 25.7 Å². The van der Waals surface area contributed by atoms with Crippen molar-refractivity contribution in [2.24, 2.45) is 0 Å². The first-order valence-electron chi connectivity index (χ1n) is 11.8. The second kappa shape index (κ2) is 10.4. The highest BCUT2D eigenvalue weighted by molar-refractivity contribution is 7.10. The van der Waals surface area contributed by atoms with Crippen LogP contribution in [0, 0.1) is 5.82 Å². The number of thiophene rings is 1. The minimum absolute atomic E-state index is 0.0717. The van der Waals surface area contributed by atoms with Gasteiger partial charge in [-0.05, 0) is 54.6 Å². The molecule has 2 aromatic carbocycles. The summed E-state index contributed by atoms with van der Waals surface area (Å²) in [6, 6.07) is 16.0. The fourth-order valence-electron chi connectivity index (χ4n) is 4.65. The van der Waals surface area contributed by atoms with E-state index in [9.17, 15) is 14.0 Å². The van der Waals surface area contributed by atoms with Crippen molar-refractivity contribution in [1.82, 2.24) is 20.3 Å². The Morgan fingerprint density at radius 2 is 1.91 bits per heavy atom. The number of amides is 2. The second-order valence-electron chi connectivity index (χ2n) is 8.74. The molecular formula is C26H26FN5O2S. The van der Waals surface area contributed by atoms with Gasteiger partial charge >= 0.3 is 0 Å². The first kappa shape index (κ1) is 23.2. The summed E-state index contributed by atoms with van der Waals surface area (Å²) in [6.07, 6.45) is 5.14. The smallest absolute Gasteiger partial charge is 0.249 e. The molecular weight excluding hydrogens is 465 g/mol. The minimum atomic E-state index is -0.930. The Balaban J connectivity index is 1.52. The summed E-state index contributed by atoms with van der Waals surface area (Å²) in [6.45, 7) is -0.143. The molecule has 0 radical (unpaired) electrons. The molecule has 0 unspecified atom stereocenters. The van der Waals surface area contributed by atoms with Crippen molar-refractivity contribution in [3.05, 3.63) is 76.7 Å². The molecule has 1 N–H and O–H groups in total. The van der Waals surface area contributed by atoms with Crippen LogP contribution in [0.1, 0.15) is 43.0 Å². The fourth-order valence-corrected chi connectivity index (χ4v) is 5.46. The molecule has 9 heteroatoms. The number of nitrogens with one attached hydrogen (secondary N) is 1. The number of carbonyl (C=O) groups is 2. The number of para-hydroxylation sites is 1. The molecule has 0 saturated heterocycles.